The summed E-state index contributed by atoms with van der Waals surface area (Å²) in [6.45, 7) is 0.752. The van der Waals surface area contributed by atoms with Crippen LogP contribution in [0.4, 0.5) is 23.2 Å². The molecule has 7 nitrogen and oxygen atoms in total. The maximum atomic E-state index is 13.7. The monoisotopic (exact) mass is 571 g/mol. The van der Waals surface area contributed by atoms with Crippen molar-refractivity contribution in [2.45, 2.75) is 70.3 Å². The van der Waals surface area contributed by atoms with Crippen molar-refractivity contribution in [1.82, 2.24) is 10.2 Å². The highest BCUT2D eigenvalue weighted by Gasteiger charge is 2.34. The lowest BCUT2D eigenvalue weighted by atomic mass is 9.95. The Kier molecular flexibility index (Phi) is 9.98. The van der Waals surface area contributed by atoms with Crippen LogP contribution in [0.25, 0.3) is 0 Å². The number of rotatable bonds is 10. The van der Waals surface area contributed by atoms with Crippen molar-refractivity contribution < 1.29 is 35.6 Å². The molecule has 3 rings (SSSR count). The lowest BCUT2D eigenvalue weighted by molar-refractivity contribution is -0.140. The minimum absolute atomic E-state index is 0.0410. The molecule has 2 aromatic carbocycles. The number of sulfonamides is 1. The van der Waals surface area contributed by atoms with E-state index in [4.69, 9.17) is 0 Å². The summed E-state index contributed by atoms with van der Waals surface area (Å²) in [4.78, 5) is 28.2. The Morgan fingerprint density at radius 3 is 2.26 bits per heavy atom. The minimum atomic E-state index is -4.72. The molecule has 1 fully saturated rings. The highest BCUT2D eigenvalue weighted by molar-refractivity contribution is 7.92. The summed E-state index contributed by atoms with van der Waals surface area (Å²) < 4.78 is 79.3. The fourth-order valence-electron chi connectivity index (χ4n) is 4.70. The number of alkyl halides is 3. The van der Waals surface area contributed by atoms with Crippen LogP contribution in [0.5, 0.6) is 0 Å². The summed E-state index contributed by atoms with van der Waals surface area (Å²) >= 11 is 0. The molecule has 12 heteroatoms. The molecule has 1 aliphatic rings. The molecular formula is C27H33F4N3O4S. The second-order valence-electron chi connectivity index (χ2n) is 9.73. The van der Waals surface area contributed by atoms with Crippen LogP contribution >= 0.6 is 0 Å². The van der Waals surface area contributed by atoms with E-state index in [1.165, 1.54) is 35.2 Å². The van der Waals surface area contributed by atoms with Crippen LogP contribution in [0.2, 0.25) is 0 Å². The molecule has 0 heterocycles. The third-order valence-corrected chi connectivity index (χ3v) is 7.88. The largest absolute Gasteiger partial charge is 0.416 e. The summed E-state index contributed by atoms with van der Waals surface area (Å²) in [5.41, 5.74) is -0.900. The van der Waals surface area contributed by atoms with Crippen molar-refractivity contribution in [2.75, 3.05) is 17.1 Å². The van der Waals surface area contributed by atoms with Crippen LogP contribution < -0.4 is 9.62 Å². The van der Waals surface area contributed by atoms with Gasteiger partial charge in [-0.05, 0) is 55.2 Å². The molecule has 2 aromatic rings. The van der Waals surface area contributed by atoms with Gasteiger partial charge in [-0.15, -0.1) is 0 Å². The van der Waals surface area contributed by atoms with E-state index in [9.17, 15) is 35.6 Å². The van der Waals surface area contributed by atoms with E-state index in [0.717, 1.165) is 50.5 Å². The van der Waals surface area contributed by atoms with Crippen molar-refractivity contribution >= 4 is 27.5 Å². The zero-order valence-electron chi connectivity index (χ0n) is 21.9. The summed E-state index contributed by atoms with van der Waals surface area (Å²) in [5, 5.41) is 2.99. The predicted molar refractivity (Wildman–Crippen MR) is 140 cm³/mol. The number of amides is 2. The second-order valence-corrected chi connectivity index (χ2v) is 11.6. The first-order valence-corrected chi connectivity index (χ1v) is 14.6. The third kappa shape index (κ3) is 8.42. The smallest absolute Gasteiger partial charge is 0.352 e. The van der Waals surface area contributed by atoms with E-state index in [1.54, 1.807) is 6.92 Å². The normalized spacial score (nSPS) is 15.4. The van der Waals surface area contributed by atoms with Gasteiger partial charge in [0.2, 0.25) is 21.8 Å². The van der Waals surface area contributed by atoms with E-state index in [0.29, 0.717) is 15.9 Å². The fourth-order valence-corrected chi connectivity index (χ4v) is 5.54. The number of carbonyl (C=O) groups excluding carboxylic acids is 2. The maximum absolute atomic E-state index is 13.7. The number of hydrogen-bond donors (Lipinski definition) is 1. The standard InChI is InChI=1S/C27H33F4N3O4S/c1-3-24(26(36)32-22-9-5-4-6-10-22)33(17-19-12-14-21(28)15-13-19)25(35)18-34(39(2,37)38)23-11-7-8-20(16-23)27(29,30)31/h7-8,11-16,22,24H,3-6,9-10,17-18H2,1-2H3,(H,32,36)/t24-/m0/s1. The molecule has 2 amide bonds. The Morgan fingerprint density at radius 2 is 1.69 bits per heavy atom. The number of nitrogens with one attached hydrogen (secondary N) is 1. The highest BCUT2D eigenvalue weighted by atomic mass is 32.2. The number of hydrogen-bond acceptors (Lipinski definition) is 4. The third-order valence-electron chi connectivity index (χ3n) is 6.74. The van der Waals surface area contributed by atoms with Crippen molar-refractivity contribution in [3.05, 3.63) is 65.5 Å². The van der Waals surface area contributed by atoms with Crippen LogP contribution in [0.3, 0.4) is 0 Å². The Morgan fingerprint density at radius 1 is 1.05 bits per heavy atom. The van der Waals surface area contributed by atoms with Gasteiger partial charge in [0, 0.05) is 12.6 Å². The van der Waals surface area contributed by atoms with Crippen LogP contribution in [-0.4, -0.2) is 50.0 Å². The molecule has 0 aliphatic heterocycles. The highest BCUT2D eigenvalue weighted by Crippen LogP contribution is 2.32. The van der Waals surface area contributed by atoms with Gasteiger partial charge in [0.05, 0.1) is 17.5 Å². The molecule has 0 unspecified atom stereocenters. The van der Waals surface area contributed by atoms with Gasteiger partial charge in [0.25, 0.3) is 0 Å². The molecule has 214 valence electrons. The average molecular weight is 572 g/mol. The Bertz CT molecular complexity index is 1250. The first kappa shape index (κ1) is 30.4. The first-order chi connectivity index (χ1) is 18.3. The second kappa shape index (κ2) is 12.8. The molecule has 1 atom stereocenters. The average Bonchev–Trinajstić information content (AvgIpc) is 2.87. The number of halogens is 4. The van der Waals surface area contributed by atoms with Gasteiger partial charge in [-0.1, -0.05) is 44.4 Å². The van der Waals surface area contributed by atoms with Crippen LogP contribution in [0, 0.1) is 5.82 Å². The molecule has 39 heavy (non-hydrogen) atoms. The Labute approximate surface area is 226 Å². The van der Waals surface area contributed by atoms with Crippen molar-refractivity contribution in [3.63, 3.8) is 0 Å². The number of anilines is 1. The van der Waals surface area contributed by atoms with E-state index in [1.807, 2.05) is 0 Å². The lowest BCUT2D eigenvalue weighted by Gasteiger charge is -2.34. The molecular weight excluding hydrogens is 538 g/mol. The van der Waals surface area contributed by atoms with Gasteiger partial charge in [-0.25, -0.2) is 12.8 Å². The van der Waals surface area contributed by atoms with E-state index in [2.05, 4.69) is 5.32 Å². The Balaban J connectivity index is 1.94. The van der Waals surface area contributed by atoms with Gasteiger partial charge in [0.1, 0.15) is 18.4 Å². The summed E-state index contributed by atoms with van der Waals surface area (Å²) in [6.07, 6.45) is 0.918. The summed E-state index contributed by atoms with van der Waals surface area (Å²) in [5.74, 6) is -1.68. The molecule has 0 saturated heterocycles. The summed E-state index contributed by atoms with van der Waals surface area (Å²) in [6, 6.07) is 7.96. The van der Waals surface area contributed by atoms with Gasteiger partial charge in [-0.3, -0.25) is 13.9 Å². The number of nitrogens with zero attached hydrogens (tertiary/aromatic N) is 2. The minimum Gasteiger partial charge on any atom is -0.352 e. The maximum Gasteiger partial charge on any atom is 0.416 e. The lowest BCUT2D eigenvalue weighted by Crippen LogP contribution is -2.54. The molecule has 0 spiro atoms. The molecule has 0 bridgehead atoms. The molecule has 1 N–H and O–H groups in total. The SMILES string of the molecule is CC[C@@H](C(=O)NC1CCCCC1)N(Cc1ccc(F)cc1)C(=O)CN(c1cccc(C(F)(F)F)c1)S(C)(=O)=O. The Hall–Kier alpha value is -3.15. The number of benzene rings is 2. The van der Waals surface area contributed by atoms with Gasteiger partial charge in [0.15, 0.2) is 0 Å². The van der Waals surface area contributed by atoms with E-state index >= 15 is 0 Å². The molecule has 1 aliphatic carbocycles. The van der Waals surface area contributed by atoms with E-state index < -0.39 is 52.0 Å². The quantitative estimate of drug-likeness (QED) is 0.413. The van der Waals surface area contributed by atoms with Gasteiger partial charge >= 0.3 is 6.18 Å². The van der Waals surface area contributed by atoms with Crippen molar-refractivity contribution in [1.29, 1.82) is 0 Å². The predicted octanol–water partition coefficient (Wildman–Crippen LogP) is 4.87. The van der Waals surface area contributed by atoms with E-state index in [-0.39, 0.29) is 24.7 Å². The first-order valence-electron chi connectivity index (χ1n) is 12.8. The van der Waals surface area contributed by atoms with Crippen molar-refractivity contribution in [3.8, 4) is 0 Å². The van der Waals surface area contributed by atoms with Crippen molar-refractivity contribution in [2.24, 2.45) is 0 Å². The number of carbonyl (C=O) groups is 2. The fraction of sp³-hybridized carbons (Fsp3) is 0.481. The van der Waals surface area contributed by atoms with Gasteiger partial charge < -0.3 is 10.2 Å². The van der Waals surface area contributed by atoms with Crippen LogP contribution in [0.15, 0.2) is 48.5 Å². The van der Waals surface area contributed by atoms with Crippen LogP contribution in [-0.2, 0) is 32.3 Å². The zero-order valence-corrected chi connectivity index (χ0v) is 22.7. The summed E-state index contributed by atoms with van der Waals surface area (Å²) in [7, 11) is -4.19. The zero-order chi connectivity index (χ0) is 28.8. The van der Waals surface area contributed by atoms with Crippen LogP contribution in [0.1, 0.15) is 56.6 Å². The van der Waals surface area contributed by atoms with Gasteiger partial charge in [-0.2, -0.15) is 13.2 Å². The molecule has 1 saturated carbocycles. The molecule has 0 radical (unpaired) electrons. The topological polar surface area (TPSA) is 86.8 Å². The molecule has 0 aromatic heterocycles.